The van der Waals surface area contributed by atoms with Gasteiger partial charge in [-0.1, -0.05) is 22.9 Å². The molecule has 0 spiro atoms. The van der Waals surface area contributed by atoms with E-state index in [2.05, 4.69) is 15.9 Å². The van der Waals surface area contributed by atoms with Gasteiger partial charge in [-0.2, -0.15) is 0 Å². The van der Waals surface area contributed by atoms with Crippen LogP contribution in [0.3, 0.4) is 0 Å². The van der Waals surface area contributed by atoms with Crippen LogP contribution >= 0.6 is 28.3 Å². The summed E-state index contributed by atoms with van der Waals surface area (Å²) in [4.78, 5) is 10.8. The lowest BCUT2D eigenvalue weighted by Crippen LogP contribution is -2.11. The van der Waals surface area contributed by atoms with Crippen LogP contribution in [-0.4, -0.2) is 16.2 Å². The fourth-order valence-electron chi connectivity index (χ4n) is 1.31. The van der Waals surface area contributed by atoms with E-state index in [0.29, 0.717) is 16.5 Å². The van der Waals surface area contributed by atoms with Gasteiger partial charge in [-0.25, -0.2) is 4.79 Å². The largest absolute Gasteiger partial charge is 0.507 e. The molecule has 0 unspecified atom stereocenters. The lowest BCUT2D eigenvalue weighted by Gasteiger charge is -2.14. The zero-order valence-electron chi connectivity index (χ0n) is 8.61. The normalized spacial score (nSPS) is 11.7. The summed E-state index contributed by atoms with van der Waals surface area (Å²) in [6, 6.07) is 2.54. The molecular weight excluding hydrogens is 297 g/mol. The fourth-order valence-corrected chi connectivity index (χ4v) is 1.93. The third-order valence-electron chi connectivity index (χ3n) is 2.20. The smallest absolute Gasteiger partial charge is 0.339 e. The van der Waals surface area contributed by atoms with Crippen LogP contribution in [0.2, 0.25) is 0 Å². The van der Waals surface area contributed by atoms with Crippen molar-refractivity contribution < 1.29 is 15.0 Å². The summed E-state index contributed by atoms with van der Waals surface area (Å²) in [7, 11) is 0. The van der Waals surface area contributed by atoms with Gasteiger partial charge in [0.1, 0.15) is 11.3 Å². The average Bonchev–Trinajstić information content (AvgIpc) is 2.16. The quantitative estimate of drug-likeness (QED) is 0.801. The number of hydrogen-bond acceptors (Lipinski definition) is 3. The van der Waals surface area contributed by atoms with Gasteiger partial charge >= 0.3 is 5.97 Å². The fraction of sp³-hybridized carbons (Fsp3) is 0.300. The molecule has 4 N–H and O–H groups in total. The van der Waals surface area contributed by atoms with Gasteiger partial charge in [-0.15, -0.1) is 12.4 Å². The number of rotatable bonds is 3. The molecule has 0 heterocycles. The van der Waals surface area contributed by atoms with Gasteiger partial charge in [0.15, 0.2) is 0 Å². The molecule has 1 atom stereocenters. The van der Waals surface area contributed by atoms with Crippen LogP contribution in [0.4, 0.5) is 0 Å². The van der Waals surface area contributed by atoms with E-state index >= 15 is 0 Å². The summed E-state index contributed by atoms with van der Waals surface area (Å²) in [6.07, 6.45) is 0.620. The van der Waals surface area contributed by atoms with E-state index in [4.69, 9.17) is 10.8 Å². The Kier molecular flexibility index (Phi) is 5.78. The maximum Gasteiger partial charge on any atom is 0.339 e. The second-order valence-electron chi connectivity index (χ2n) is 3.18. The van der Waals surface area contributed by atoms with Crippen LogP contribution in [-0.2, 0) is 0 Å². The van der Waals surface area contributed by atoms with E-state index in [-0.39, 0.29) is 29.8 Å². The summed E-state index contributed by atoms with van der Waals surface area (Å²) in [5, 5.41) is 18.6. The Morgan fingerprint density at radius 3 is 2.56 bits per heavy atom. The Morgan fingerprint density at radius 1 is 1.56 bits per heavy atom. The van der Waals surface area contributed by atoms with Gasteiger partial charge in [-0.05, 0) is 18.6 Å². The predicted molar refractivity (Wildman–Crippen MR) is 67.2 cm³/mol. The van der Waals surface area contributed by atoms with E-state index in [1.165, 1.54) is 6.07 Å². The van der Waals surface area contributed by atoms with E-state index in [1.807, 2.05) is 6.92 Å². The number of carbonyl (C=O) groups is 1. The third kappa shape index (κ3) is 2.87. The van der Waals surface area contributed by atoms with Crippen molar-refractivity contribution >= 4 is 34.3 Å². The molecule has 0 aliphatic carbocycles. The molecule has 90 valence electrons. The number of aromatic hydroxyl groups is 1. The Bertz CT molecular complexity index is 398. The zero-order chi connectivity index (χ0) is 11.6. The number of carboxylic acid groups (broad SMARTS) is 1. The first-order valence-electron chi connectivity index (χ1n) is 4.49. The summed E-state index contributed by atoms with van der Waals surface area (Å²) >= 11 is 3.24. The number of carboxylic acids is 1. The number of nitrogens with two attached hydrogens (primary N) is 1. The Hall–Kier alpha value is -0.780. The van der Waals surface area contributed by atoms with Crippen molar-refractivity contribution in [1.29, 1.82) is 0 Å². The molecule has 0 bridgehead atoms. The summed E-state index contributed by atoms with van der Waals surface area (Å²) in [5.74, 6) is -1.42. The number of benzene rings is 1. The Labute approximate surface area is 108 Å². The maximum atomic E-state index is 10.8. The number of halogens is 2. The molecule has 1 aromatic rings. The van der Waals surface area contributed by atoms with Gasteiger partial charge in [0.05, 0.1) is 0 Å². The van der Waals surface area contributed by atoms with Gasteiger partial charge in [0.25, 0.3) is 0 Å². The van der Waals surface area contributed by atoms with Crippen LogP contribution in [0.25, 0.3) is 0 Å². The van der Waals surface area contributed by atoms with Crippen molar-refractivity contribution in [3.63, 3.8) is 0 Å². The van der Waals surface area contributed by atoms with E-state index in [0.717, 1.165) is 0 Å². The van der Waals surface area contributed by atoms with Gasteiger partial charge in [0.2, 0.25) is 0 Å². The minimum absolute atomic E-state index is 0. The first-order valence-corrected chi connectivity index (χ1v) is 5.28. The highest BCUT2D eigenvalue weighted by molar-refractivity contribution is 9.10. The molecular formula is C10H13BrClNO3. The minimum atomic E-state index is -1.16. The Balaban J connectivity index is 0.00000225. The van der Waals surface area contributed by atoms with E-state index in [9.17, 15) is 9.90 Å². The standard InChI is InChI=1S/C10H12BrNO3.ClH/c1-2-7(12)8-6(11)4-3-5(9(8)13)10(14)15;/h3-4,7,13H,2,12H2,1H3,(H,14,15);1H/t7-;/m0./s1. The van der Waals surface area contributed by atoms with Crippen molar-refractivity contribution in [1.82, 2.24) is 0 Å². The Morgan fingerprint density at radius 2 is 2.12 bits per heavy atom. The first-order chi connectivity index (χ1) is 6.99. The van der Waals surface area contributed by atoms with Gasteiger partial charge in [-0.3, -0.25) is 0 Å². The highest BCUT2D eigenvalue weighted by Crippen LogP contribution is 2.34. The third-order valence-corrected chi connectivity index (χ3v) is 2.90. The second kappa shape index (κ2) is 6.08. The van der Waals surface area contributed by atoms with Crippen LogP contribution in [0.5, 0.6) is 5.75 Å². The minimum Gasteiger partial charge on any atom is -0.507 e. The summed E-state index contributed by atoms with van der Waals surface area (Å²) in [6.45, 7) is 1.87. The molecule has 0 fully saturated rings. The highest BCUT2D eigenvalue weighted by Gasteiger charge is 2.19. The number of phenols is 1. The molecule has 0 radical (unpaired) electrons. The SMILES string of the molecule is CC[C@H](N)c1c(Br)ccc(C(=O)O)c1O.Cl. The van der Waals surface area contributed by atoms with Crippen molar-refractivity contribution in [3.8, 4) is 5.75 Å². The van der Waals surface area contributed by atoms with Crippen LogP contribution < -0.4 is 5.73 Å². The maximum absolute atomic E-state index is 10.8. The number of hydrogen-bond donors (Lipinski definition) is 3. The second-order valence-corrected chi connectivity index (χ2v) is 4.03. The molecule has 1 rings (SSSR count). The molecule has 0 amide bonds. The van der Waals surface area contributed by atoms with Crippen molar-refractivity contribution in [2.75, 3.05) is 0 Å². The molecule has 4 nitrogen and oxygen atoms in total. The topological polar surface area (TPSA) is 83.6 Å². The molecule has 0 saturated heterocycles. The lowest BCUT2D eigenvalue weighted by molar-refractivity contribution is 0.0693. The molecule has 16 heavy (non-hydrogen) atoms. The molecule has 0 aliphatic heterocycles. The molecule has 1 aromatic carbocycles. The average molecular weight is 311 g/mol. The molecule has 6 heteroatoms. The summed E-state index contributed by atoms with van der Waals surface area (Å²) in [5.41, 5.74) is 6.10. The summed E-state index contributed by atoms with van der Waals surface area (Å²) < 4.78 is 0.624. The van der Waals surface area contributed by atoms with E-state index < -0.39 is 5.97 Å². The highest BCUT2D eigenvalue weighted by atomic mass is 79.9. The van der Waals surface area contributed by atoms with Crippen LogP contribution in [0.15, 0.2) is 16.6 Å². The van der Waals surface area contributed by atoms with E-state index in [1.54, 1.807) is 6.07 Å². The van der Waals surface area contributed by atoms with Crippen LogP contribution in [0.1, 0.15) is 35.3 Å². The molecule has 0 aromatic heterocycles. The lowest BCUT2D eigenvalue weighted by atomic mass is 10.0. The zero-order valence-corrected chi connectivity index (χ0v) is 11.0. The van der Waals surface area contributed by atoms with Gasteiger partial charge < -0.3 is 15.9 Å². The monoisotopic (exact) mass is 309 g/mol. The first kappa shape index (κ1) is 15.2. The van der Waals surface area contributed by atoms with Gasteiger partial charge in [0, 0.05) is 16.1 Å². The predicted octanol–water partition coefficient (Wildman–Crippen LogP) is 2.68. The van der Waals surface area contributed by atoms with Crippen LogP contribution in [0, 0.1) is 0 Å². The molecule has 0 saturated carbocycles. The number of aromatic carboxylic acids is 1. The van der Waals surface area contributed by atoms with Crippen molar-refractivity contribution in [2.45, 2.75) is 19.4 Å². The molecule has 0 aliphatic rings. The van der Waals surface area contributed by atoms with Crippen molar-refractivity contribution in [2.24, 2.45) is 5.73 Å². The van der Waals surface area contributed by atoms with Crippen molar-refractivity contribution in [3.05, 3.63) is 27.7 Å².